The molecule has 4 heteroatoms. The van der Waals surface area contributed by atoms with Gasteiger partial charge in [0, 0.05) is 24.3 Å². The Morgan fingerprint density at radius 1 is 1.00 bits per heavy atom. The van der Waals surface area contributed by atoms with Crippen molar-refractivity contribution < 1.29 is 0 Å². The lowest BCUT2D eigenvalue weighted by atomic mass is 9.86. The van der Waals surface area contributed by atoms with E-state index in [0.29, 0.717) is 13.1 Å². The Morgan fingerprint density at radius 2 is 1.47 bits per heavy atom. The minimum absolute atomic E-state index is 0.146. The summed E-state index contributed by atoms with van der Waals surface area (Å²) in [5.41, 5.74) is 0.932. The molecular weight excluding hydrogens is 216 g/mol. The second kappa shape index (κ2) is 4.51. The zero-order valence-corrected chi connectivity index (χ0v) is 11.6. The second-order valence-electron chi connectivity index (χ2n) is 5.29. The topological polar surface area (TPSA) is 44.0 Å². The summed E-state index contributed by atoms with van der Waals surface area (Å²) in [6.45, 7) is 12.6. The molecule has 0 spiro atoms. The number of aromatic nitrogens is 2. The SMILES string of the molecule is CCn1c(C)c(C(C)(C)C)c(=O)n(CC)c1=O. The van der Waals surface area contributed by atoms with Crippen LogP contribution < -0.4 is 11.2 Å². The third-order valence-corrected chi connectivity index (χ3v) is 3.07. The Labute approximate surface area is 102 Å². The lowest BCUT2D eigenvalue weighted by Gasteiger charge is -2.24. The predicted molar refractivity (Wildman–Crippen MR) is 69.7 cm³/mol. The molecule has 0 atom stereocenters. The molecule has 0 unspecified atom stereocenters. The quantitative estimate of drug-likeness (QED) is 0.786. The maximum Gasteiger partial charge on any atom is 0.331 e. The molecular formula is C13H22N2O2. The predicted octanol–water partition coefficient (Wildman–Crippen LogP) is 1.66. The molecule has 0 fully saturated rings. The van der Waals surface area contributed by atoms with Gasteiger partial charge in [0.25, 0.3) is 5.56 Å². The molecule has 96 valence electrons. The number of rotatable bonds is 2. The first-order valence-corrected chi connectivity index (χ1v) is 6.10. The van der Waals surface area contributed by atoms with Crippen LogP contribution in [0.1, 0.15) is 45.9 Å². The van der Waals surface area contributed by atoms with Crippen molar-refractivity contribution in [3.63, 3.8) is 0 Å². The molecule has 0 N–H and O–H groups in total. The molecule has 0 bridgehead atoms. The van der Waals surface area contributed by atoms with Gasteiger partial charge in [-0.05, 0) is 26.2 Å². The largest absolute Gasteiger partial charge is 0.331 e. The summed E-state index contributed by atoms with van der Waals surface area (Å²) in [6.07, 6.45) is 0. The number of nitrogens with zero attached hydrogens (tertiary/aromatic N) is 2. The van der Waals surface area contributed by atoms with E-state index >= 15 is 0 Å². The molecule has 1 aromatic rings. The van der Waals surface area contributed by atoms with Crippen LogP contribution in [0.4, 0.5) is 0 Å². The Kier molecular flexibility index (Phi) is 3.65. The summed E-state index contributed by atoms with van der Waals surface area (Å²) in [5, 5.41) is 0. The van der Waals surface area contributed by atoms with Crippen molar-refractivity contribution in [3.8, 4) is 0 Å². The molecule has 0 aliphatic carbocycles. The van der Waals surface area contributed by atoms with Gasteiger partial charge in [0.05, 0.1) is 0 Å². The van der Waals surface area contributed by atoms with Crippen LogP contribution in [0, 0.1) is 6.92 Å². The number of hydrogen-bond acceptors (Lipinski definition) is 2. The lowest BCUT2D eigenvalue weighted by molar-refractivity contribution is 0.506. The normalized spacial score (nSPS) is 11.9. The fraction of sp³-hybridized carbons (Fsp3) is 0.692. The van der Waals surface area contributed by atoms with E-state index in [9.17, 15) is 9.59 Å². The van der Waals surface area contributed by atoms with Crippen molar-refractivity contribution in [2.45, 2.75) is 60.0 Å². The maximum atomic E-state index is 12.3. The van der Waals surface area contributed by atoms with Crippen LogP contribution in [0.3, 0.4) is 0 Å². The molecule has 1 heterocycles. The first-order valence-electron chi connectivity index (χ1n) is 6.10. The van der Waals surface area contributed by atoms with Gasteiger partial charge in [0.2, 0.25) is 0 Å². The van der Waals surface area contributed by atoms with E-state index in [1.807, 2.05) is 41.5 Å². The number of hydrogen-bond donors (Lipinski definition) is 0. The molecule has 0 aromatic carbocycles. The third-order valence-electron chi connectivity index (χ3n) is 3.07. The van der Waals surface area contributed by atoms with E-state index in [1.54, 1.807) is 4.57 Å². The molecule has 1 aromatic heterocycles. The summed E-state index contributed by atoms with van der Waals surface area (Å²) in [5.74, 6) is 0. The van der Waals surface area contributed by atoms with Crippen LogP contribution in [0.5, 0.6) is 0 Å². The highest BCUT2D eigenvalue weighted by Crippen LogP contribution is 2.21. The van der Waals surface area contributed by atoms with Crippen LogP contribution in [-0.2, 0) is 18.5 Å². The summed E-state index contributed by atoms with van der Waals surface area (Å²) in [7, 11) is 0. The smallest absolute Gasteiger partial charge is 0.298 e. The van der Waals surface area contributed by atoms with Crippen molar-refractivity contribution in [2.75, 3.05) is 0 Å². The standard InChI is InChI=1S/C13H22N2O2/c1-7-14-9(3)10(13(4,5)6)11(16)15(8-2)12(14)17/h7-8H2,1-6H3. The molecule has 0 aliphatic heterocycles. The van der Waals surface area contributed by atoms with Gasteiger partial charge in [-0.1, -0.05) is 20.8 Å². The van der Waals surface area contributed by atoms with Crippen LogP contribution in [0.25, 0.3) is 0 Å². The van der Waals surface area contributed by atoms with Crippen molar-refractivity contribution in [1.82, 2.24) is 9.13 Å². The Bertz CT molecular complexity index is 530. The van der Waals surface area contributed by atoms with Gasteiger partial charge >= 0.3 is 5.69 Å². The zero-order valence-electron chi connectivity index (χ0n) is 11.6. The highest BCUT2D eigenvalue weighted by atomic mass is 16.2. The lowest BCUT2D eigenvalue weighted by Crippen LogP contribution is -2.45. The molecule has 0 amide bonds. The van der Waals surface area contributed by atoms with E-state index in [-0.39, 0.29) is 16.7 Å². The first-order chi connectivity index (χ1) is 7.75. The van der Waals surface area contributed by atoms with Crippen molar-refractivity contribution in [3.05, 3.63) is 32.1 Å². The summed E-state index contributed by atoms with van der Waals surface area (Å²) >= 11 is 0. The molecule has 0 aliphatic rings. The zero-order chi connectivity index (χ0) is 13.4. The Morgan fingerprint density at radius 3 is 1.82 bits per heavy atom. The van der Waals surface area contributed by atoms with E-state index < -0.39 is 0 Å². The molecule has 0 saturated carbocycles. The average Bonchev–Trinajstić information content (AvgIpc) is 2.16. The van der Waals surface area contributed by atoms with Gasteiger partial charge in [0.1, 0.15) is 0 Å². The Hall–Kier alpha value is -1.32. The molecule has 17 heavy (non-hydrogen) atoms. The summed E-state index contributed by atoms with van der Waals surface area (Å²) in [6, 6.07) is 0. The molecule has 0 saturated heterocycles. The van der Waals surface area contributed by atoms with Gasteiger partial charge in [-0.2, -0.15) is 0 Å². The maximum absolute atomic E-state index is 12.3. The van der Waals surface area contributed by atoms with E-state index in [0.717, 1.165) is 11.3 Å². The highest BCUT2D eigenvalue weighted by molar-refractivity contribution is 5.25. The molecule has 0 radical (unpaired) electrons. The first kappa shape index (κ1) is 13.7. The third kappa shape index (κ3) is 2.21. The van der Waals surface area contributed by atoms with Crippen LogP contribution >= 0.6 is 0 Å². The van der Waals surface area contributed by atoms with Gasteiger partial charge in [-0.25, -0.2) is 4.79 Å². The molecule has 1 rings (SSSR count). The molecule has 4 nitrogen and oxygen atoms in total. The van der Waals surface area contributed by atoms with Gasteiger partial charge in [-0.15, -0.1) is 0 Å². The fourth-order valence-electron chi connectivity index (χ4n) is 2.32. The Balaban J connectivity index is 3.86. The highest BCUT2D eigenvalue weighted by Gasteiger charge is 2.24. The van der Waals surface area contributed by atoms with Crippen LogP contribution in [0.2, 0.25) is 0 Å². The van der Waals surface area contributed by atoms with Gasteiger partial charge in [0.15, 0.2) is 0 Å². The minimum atomic E-state index is -0.247. The second-order valence-corrected chi connectivity index (χ2v) is 5.29. The average molecular weight is 238 g/mol. The van der Waals surface area contributed by atoms with Crippen molar-refractivity contribution in [2.24, 2.45) is 0 Å². The summed E-state index contributed by atoms with van der Waals surface area (Å²) in [4.78, 5) is 24.4. The van der Waals surface area contributed by atoms with Gasteiger partial charge < -0.3 is 0 Å². The minimum Gasteiger partial charge on any atom is -0.298 e. The fourth-order valence-corrected chi connectivity index (χ4v) is 2.32. The summed E-state index contributed by atoms with van der Waals surface area (Å²) < 4.78 is 2.99. The monoisotopic (exact) mass is 238 g/mol. The van der Waals surface area contributed by atoms with Crippen LogP contribution in [-0.4, -0.2) is 9.13 Å². The van der Waals surface area contributed by atoms with E-state index in [2.05, 4.69) is 0 Å². The van der Waals surface area contributed by atoms with E-state index in [1.165, 1.54) is 4.57 Å². The van der Waals surface area contributed by atoms with Crippen molar-refractivity contribution in [1.29, 1.82) is 0 Å². The van der Waals surface area contributed by atoms with E-state index in [4.69, 9.17) is 0 Å². The van der Waals surface area contributed by atoms with Crippen molar-refractivity contribution >= 4 is 0 Å². The van der Waals surface area contributed by atoms with Gasteiger partial charge in [-0.3, -0.25) is 13.9 Å². The van der Waals surface area contributed by atoms with Crippen LogP contribution in [0.15, 0.2) is 9.59 Å².